The van der Waals surface area contributed by atoms with Crippen molar-refractivity contribution >= 4 is 0 Å². The maximum Gasteiger partial charge on any atom is 0.0538 e. The Morgan fingerprint density at radius 1 is 1.45 bits per heavy atom. The van der Waals surface area contributed by atoms with Crippen molar-refractivity contribution in [2.45, 2.75) is 37.6 Å². The number of benzene rings is 1. The number of rotatable bonds is 4. The predicted octanol–water partition coefficient (Wildman–Crippen LogP) is 2.43. The minimum Gasteiger partial charge on any atom is -0.275 e. The van der Waals surface area contributed by atoms with E-state index in [1.807, 2.05) is 24.1 Å². The lowest BCUT2D eigenvalue weighted by atomic mass is 9.79. The van der Waals surface area contributed by atoms with Crippen molar-refractivity contribution in [2.24, 2.45) is 12.9 Å². The van der Waals surface area contributed by atoms with Gasteiger partial charge in [-0.05, 0) is 42.7 Å². The van der Waals surface area contributed by atoms with Gasteiger partial charge < -0.3 is 0 Å². The molecule has 0 amide bonds. The topological polar surface area (TPSA) is 55.9 Å². The first-order valence-corrected chi connectivity index (χ1v) is 7.30. The molecule has 2 atom stereocenters. The van der Waals surface area contributed by atoms with Crippen LogP contribution in [0.2, 0.25) is 0 Å². The van der Waals surface area contributed by atoms with E-state index in [0.717, 1.165) is 12.0 Å². The Bertz CT molecular complexity index is 575. The lowest BCUT2D eigenvalue weighted by Gasteiger charge is -2.28. The van der Waals surface area contributed by atoms with Gasteiger partial charge in [-0.2, -0.15) is 5.10 Å². The minimum atomic E-state index is 0.167. The molecule has 0 fully saturated rings. The van der Waals surface area contributed by atoms with E-state index in [2.05, 4.69) is 34.8 Å². The molecule has 0 radical (unpaired) electrons. The maximum atomic E-state index is 5.76. The van der Waals surface area contributed by atoms with E-state index in [1.54, 1.807) is 0 Å². The summed E-state index contributed by atoms with van der Waals surface area (Å²) in [4.78, 5) is 0. The van der Waals surface area contributed by atoms with Crippen molar-refractivity contribution in [3.8, 4) is 0 Å². The highest BCUT2D eigenvalue weighted by Crippen LogP contribution is 2.37. The molecule has 1 aliphatic carbocycles. The van der Waals surface area contributed by atoms with Crippen LogP contribution in [0.4, 0.5) is 0 Å². The summed E-state index contributed by atoms with van der Waals surface area (Å²) in [6.07, 6.45) is 8.69. The Labute approximate surface area is 120 Å². The smallest absolute Gasteiger partial charge is 0.0538 e. The summed E-state index contributed by atoms with van der Waals surface area (Å²) in [6, 6.07) is 8.99. The van der Waals surface area contributed by atoms with Gasteiger partial charge in [-0.15, -0.1) is 0 Å². The van der Waals surface area contributed by atoms with E-state index in [9.17, 15) is 0 Å². The summed E-state index contributed by atoms with van der Waals surface area (Å²) in [5.74, 6) is 6.35. The van der Waals surface area contributed by atoms with Crippen LogP contribution in [0, 0.1) is 0 Å². The molecule has 1 heterocycles. The Balaban J connectivity index is 1.80. The first-order valence-electron chi connectivity index (χ1n) is 7.30. The highest BCUT2D eigenvalue weighted by Gasteiger charge is 2.24. The highest BCUT2D eigenvalue weighted by atomic mass is 15.3. The summed E-state index contributed by atoms with van der Waals surface area (Å²) in [5, 5.41) is 4.24. The summed E-state index contributed by atoms with van der Waals surface area (Å²) in [5.41, 5.74) is 7.13. The zero-order valence-corrected chi connectivity index (χ0v) is 11.9. The van der Waals surface area contributed by atoms with Crippen molar-refractivity contribution in [1.82, 2.24) is 15.2 Å². The molecule has 0 saturated heterocycles. The Morgan fingerprint density at radius 3 is 3.05 bits per heavy atom. The second-order valence-electron chi connectivity index (χ2n) is 5.69. The number of nitrogens with zero attached hydrogens (tertiary/aromatic N) is 2. The predicted molar refractivity (Wildman–Crippen MR) is 80.0 cm³/mol. The fourth-order valence-corrected chi connectivity index (χ4v) is 3.30. The van der Waals surface area contributed by atoms with E-state index in [-0.39, 0.29) is 6.04 Å². The van der Waals surface area contributed by atoms with Gasteiger partial charge >= 0.3 is 0 Å². The number of hydrogen-bond donors (Lipinski definition) is 2. The van der Waals surface area contributed by atoms with Crippen LogP contribution in [0.15, 0.2) is 36.7 Å². The zero-order valence-electron chi connectivity index (χ0n) is 11.9. The molecular weight excluding hydrogens is 248 g/mol. The summed E-state index contributed by atoms with van der Waals surface area (Å²) >= 11 is 0. The van der Waals surface area contributed by atoms with Crippen LogP contribution in [0.25, 0.3) is 0 Å². The third-order valence-corrected chi connectivity index (χ3v) is 4.34. The molecular formula is C16H22N4. The SMILES string of the molecule is Cn1cc(C(CC2CCCc3ccccc32)NN)cn1. The first-order chi connectivity index (χ1) is 9.78. The van der Waals surface area contributed by atoms with E-state index in [0.29, 0.717) is 5.92 Å². The summed E-state index contributed by atoms with van der Waals surface area (Å²) < 4.78 is 1.83. The lowest BCUT2D eigenvalue weighted by molar-refractivity contribution is 0.425. The molecule has 4 heteroatoms. The van der Waals surface area contributed by atoms with Crippen LogP contribution in [0.5, 0.6) is 0 Å². The van der Waals surface area contributed by atoms with Crippen molar-refractivity contribution in [3.05, 3.63) is 53.3 Å². The van der Waals surface area contributed by atoms with Gasteiger partial charge in [0.2, 0.25) is 0 Å². The molecule has 0 bridgehead atoms. The average molecular weight is 270 g/mol. The van der Waals surface area contributed by atoms with Crippen LogP contribution in [-0.2, 0) is 13.5 Å². The fraction of sp³-hybridized carbons (Fsp3) is 0.438. The van der Waals surface area contributed by atoms with Gasteiger partial charge in [0.05, 0.1) is 6.20 Å². The number of nitrogens with two attached hydrogens (primary N) is 1. The zero-order chi connectivity index (χ0) is 13.9. The van der Waals surface area contributed by atoms with Gasteiger partial charge in [-0.25, -0.2) is 0 Å². The highest BCUT2D eigenvalue weighted by molar-refractivity contribution is 5.33. The molecule has 0 aliphatic heterocycles. The van der Waals surface area contributed by atoms with Crippen molar-refractivity contribution < 1.29 is 0 Å². The number of nitrogens with one attached hydrogen (secondary N) is 1. The molecule has 4 nitrogen and oxygen atoms in total. The monoisotopic (exact) mass is 270 g/mol. The molecule has 0 saturated carbocycles. The number of aryl methyl sites for hydroxylation is 2. The van der Waals surface area contributed by atoms with Gasteiger partial charge in [0.15, 0.2) is 0 Å². The molecule has 2 unspecified atom stereocenters. The van der Waals surface area contributed by atoms with E-state index in [4.69, 9.17) is 5.84 Å². The Kier molecular flexibility index (Phi) is 3.85. The van der Waals surface area contributed by atoms with E-state index >= 15 is 0 Å². The second kappa shape index (κ2) is 5.77. The van der Waals surface area contributed by atoms with Gasteiger partial charge in [0.25, 0.3) is 0 Å². The van der Waals surface area contributed by atoms with Gasteiger partial charge in [0, 0.05) is 24.8 Å². The first kappa shape index (κ1) is 13.3. The summed E-state index contributed by atoms with van der Waals surface area (Å²) in [7, 11) is 1.94. The molecule has 3 rings (SSSR count). The molecule has 106 valence electrons. The fourth-order valence-electron chi connectivity index (χ4n) is 3.30. The van der Waals surface area contributed by atoms with Gasteiger partial charge in [0.1, 0.15) is 0 Å². The van der Waals surface area contributed by atoms with Crippen LogP contribution in [-0.4, -0.2) is 9.78 Å². The minimum absolute atomic E-state index is 0.167. The number of hydrazine groups is 1. The maximum absolute atomic E-state index is 5.76. The Morgan fingerprint density at radius 2 is 2.30 bits per heavy atom. The van der Waals surface area contributed by atoms with Crippen LogP contribution < -0.4 is 11.3 Å². The van der Waals surface area contributed by atoms with Crippen LogP contribution in [0.1, 0.15) is 47.9 Å². The van der Waals surface area contributed by atoms with E-state index in [1.165, 1.54) is 30.4 Å². The largest absolute Gasteiger partial charge is 0.275 e. The van der Waals surface area contributed by atoms with Crippen LogP contribution >= 0.6 is 0 Å². The van der Waals surface area contributed by atoms with Gasteiger partial charge in [-0.1, -0.05) is 24.3 Å². The average Bonchev–Trinajstić information content (AvgIpc) is 2.91. The second-order valence-corrected chi connectivity index (χ2v) is 5.69. The van der Waals surface area contributed by atoms with Crippen molar-refractivity contribution in [2.75, 3.05) is 0 Å². The molecule has 1 aromatic carbocycles. The third-order valence-electron chi connectivity index (χ3n) is 4.34. The molecule has 20 heavy (non-hydrogen) atoms. The molecule has 3 N–H and O–H groups in total. The third kappa shape index (κ3) is 2.62. The van der Waals surface area contributed by atoms with E-state index < -0.39 is 0 Å². The molecule has 1 aromatic heterocycles. The number of aromatic nitrogens is 2. The standard InChI is InChI=1S/C16H22N4/c1-20-11-14(10-18-20)16(19-17)9-13-7-4-6-12-5-2-3-8-15(12)13/h2-3,5,8,10-11,13,16,19H,4,6-7,9,17H2,1H3. The van der Waals surface area contributed by atoms with Gasteiger partial charge in [-0.3, -0.25) is 16.0 Å². The molecule has 2 aromatic rings. The Hall–Kier alpha value is -1.65. The quantitative estimate of drug-likeness (QED) is 0.662. The van der Waals surface area contributed by atoms with Crippen molar-refractivity contribution in [1.29, 1.82) is 0 Å². The summed E-state index contributed by atoms with van der Waals surface area (Å²) in [6.45, 7) is 0. The molecule has 0 spiro atoms. The van der Waals surface area contributed by atoms with Crippen molar-refractivity contribution in [3.63, 3.8) is 0 Å². The number of fused-ring (bicyclic) bond motifs is 1. The van der Waals surface area contributed by atoms with Crippen LogP contribution in [0.3, 0.4) is 0 Å². The normalized spacial score (nSPS) is 19.6. The lowest BCUT2D eigenvalue weighted by Crippen LogP contribution is -2.29. The number of hydrogen-bond acceptors (Lipinski definition) is 3. The molecule has 1 aliphatic rings.